The minimum absolute atomic E-state index is 0.315. The van der Waals surface area contributed by atoms with Gasteiger partial charge in [-0.15, -0.1) is 11.3 Å². The van der Waals surface area contributed by atoms with Gasteiger partial charge < -0.3 is 5.32 Å². The van der Waals surface area contributed by atoms with E-state index in [9.17, 15) is 8.42 Å². The van der Waals surface area contributed by atoms with Crippen molar-refractivity contribution in [2.75, 3.05) is 11.8 Å². The lowest BCUT2D eigenvalue weighted by Crippen LogP contribution is -2.15. The van der Waals surface area contributed by atoms with E-state index in [2.05, 4.69) is 15.1 Å². The minimum Gasteiger partial charge on any atom is -0.315 e. The molecule has 104 valence electrons. The summed E-state index contributed by atoms with van der Waals surface area (Å²) in [6, 6.07) is 1.62. The molecule has 2 heterocycles. The standard InChI is InChI=1S/C11H16N4O2S2/c1-8-9(7-15(3)13-8)14-19(16,17)11-4-5-18-10(11)6-12-2/h4-5,7,12,14H,6H2,1-3H3. The van der Waals surface area contributed by atoms with Crippen LogP contribution in [-0.2, 0) is 23.6 Å². The van der Waals surface area contributed by atoms with Crippen molar-refractivity contribution in [3.8, 4) is 0 Å². The first-order valence-electron chi connectivity index (χ1n) is 5.68. The van der Waals surface area contributed by atoms with Crippen molar-refractivity contribution < 1.29 is 8.42 Å². The molecule has 0 radical (unpaired) electrons. The van der Waals surface area contributed by atoms with Crippen LogP contribution in [0.2, 0.25) is 0 Å². The highest BCUT2D eigenvalue weighted by Gasteiger charge is 2.21. The van der Waals surface area contributed by atoms with Crippen LogP contribution in [0.3, 0.4) is 0 Å². The molecular weight excluding hydrogens is 284 g/mol. The number of aromatic nitrogens is 2. The van der Waals surface area contributed by atoms with Crippen molar-refractivity contribution in [1.82, 2.24) is 15.1 Å². The van der Waals surface area contributed by atoms with Gasteiger partial charge in [0.15, 0.2) is 0 Å². The Balaban J connectivity index is 2.32. The summed E-state index contributed by atoms with van der Waals surface area (Å²) >= 11 is 1.42. The zero-order valence-corrected chi connectivity index (χ0v) is 12.6. The van der Waals surface area contributed by atoms with Gasteiger partial charge in [0.2, 0.25) is 0 Å². The van der Waals surface area contributed by atoms with Crippen LogP contribution >= 0.6 is 11.3 Å². The number of anilines is 1. The fourth-order valence-electron chi connectivity index (χ4n) is 1.76. The molecule has 0 unspecified atom stereocenters. The first-order valence-corrected chi connectivity index (χ1v) is 8.04. The maximum absolute atomic E-state index is 12.4. The molecule has 0 atom stereocenters. The van der Waals surface area contributed by atoms with Crippen molar-refractivity contribution in [2.45, 2.75) is 18.4 Å². The summed E-state index contributed by atoms with van der Waals surface area (Å²) < 4.78 is 28.9. The quantitative estimate of drug-likeness (QED) is 0.873. The summed E-state index contributed by atoms with van der Waals surface area (Å²) in [5.74, 6) is 0. The van der Waals surface area contributed by atoms with Gasteiger partial charge in [0.05, 0.1) is 11.4 Å². The molecule has 8 heteroatoms. The van der Waals surface area contributed by atoms with Crippen LogP contribution in [0.1, 0.15) is 10.6 Å². The third kappa shape index (κ3) is 2.96. The van der Waals surface area contributed by atoms with Gasteiger partial charge >= 0.3 is 0 Å². The number of nitrogens with one attached hydrogen (secondary N) is 2. The number of thiophene rings is 1. The second-order valence-corrected chi connectivity index (χ2v) is 6.80. The van der Waals surface area contributed by atoms with Crippen molar-refractivity contribution in [1.29, 1.82) is 0 Å². The van der Waals surface area contributed by atoms with E-state index in [0.717, 1.165) is 4.88 Å². The molecule has 2 rings (SSSR count). The lowest BCUT2D eigenvalue weighted by molar-refractivity contribution is 0.600. The van der Waals surface area contributed by atoms with E-state index in [0.29, 0.717) is 22.8 Å². The SMILES string of the molecule is CNCc1sccc1S(=O)(=O)Nc1cn(C)nc1C. The molecule has 0 amide bonds. The Morgan fingerprint density at radius 1 is 1.47 bits per heavy atom. The van der Waals surface area contributed by atoms with Crippen LogP contribution < -0.4 is 10.0 Å². The number of aryl methyl sites for hydroxylation is 2. The number of rotatable bonds is 5. The Hall–Kier alpha value is -1.38. The third-order valence-corrected chi connectivity index (χ3v) is 5.09. The number of hydrogen-bond acceptors (Lipinski definition) is 5. The van der Waals surface area contributed by atoms with Crippen molar-refractivity contribution in [2.24, 2.45) is 7.05 Å². The van der Waals surface area contributed by atoms with E-state index >= 15 is 0 Å². The van der Waals surface area contributed by atoms with Gasteiger partial charge in [-0.1, -0.05) is 0 Å². The van der Waals surface area contributed by atoms with E-state index in [1.807, 2.05) is 0 Å². The highest BCUT2D eigenvalue weighted by atomic mass is 32.2. The topological polar surface area (TPSA) is 76.0 Å². The largest absolute Gasteiger partial charge is 0.315 e. The fraction of sp³-hybridized carbons (Fsp3) is 0.364. The molecule has 0 saturated heterocycles. The molecule has 0 fully saturated rings. The number of nitrogens with zero attached hydrogens (tertiary/aromatic N) is 2. The van der Waals surface area contributed by atoms with Crippen molar-refractivity contribution in [3.05, 3.63) is 28.2 Å². The molecule has 6 nitrogen and oxygen atoms in total. The van der Waals surface area contributed by atoms with E-state index in [1.54, 1.807) is 43.3 Å². The fourth-order valence-corrected chi connectivity index (χ4v) is 4.32. The number of sulfonamides is 1. The normalized spacial score (nSPS) is 11.7. The lowest BCUT2D eigenvalue weighted by Gasteiger charge is -2.07. The number of hydrogen-bond donors (Lipinski definition) is 2. The molecule has 0 aliphatic carbocycles. The highest BCUT2D eigenvalue weighted by Crippen LogP contribution is 2.25. The predicted molar refractivity (Wildman–Crippen MR) is 75.8 cm³/mol. The zero-order valence-electron chi connectivity index (χ0n) is 11.0. The van der Waals surface area contributed by atoms with E-state index < -0.39 is 10.0 Å². The van der Waals surface area contributed by atoms with Gasteiger partial charge in [-0.25, -0.2) is 8.42 Å². The van der Waals surface area contributed by atoms with Crippen LogP contribution in [0.15, 0.2) is 22.5 Å². The summed E-state index contributed by atoms with van der Waals surface area (Å²) in [6.07, 6.45) is 1.65. The highest BCUT2D eigenvalue weighted by molar-refractivity contribution is 7.93. The second-order valence-electron chi connectivity index (χ2n) is 4.15. The molecular formula is C11H16N4O2S2. The Morgan fingerprint density at radius 3 is 2.79 bits per heavy atom. The third-order valence-electron chi connectivity index (χ3n) is 2.59. The van der Waals surface area contributed by atoms with Crippen LogP contribution in [0, 0.1) is 6.92 Å². The maximum atomic E-state index is 12.4. The predicted octanol–water partition coefficient (Wildman–Crippen LogP) is 1.31. The molecule has 19 heavy (non-hydrogen) atoms. The summed E-state index contributed by atoms with van der Waals surface area (Å²) in [6.45, 7) is 2.29. The van der Waals surface area contributed by atoms with Gasteiger partial charge in [0, 0.05) is 24.7 Å². The molecule has 0 aliphatic rings. The molecule has 0 aliphatic heterocycles. The Bertz CT molecular complexity index is 673. The minimum atomic E-state index is -3.56. The maximum Gasteiger partial charge on any atom is 0.263 e. The molecule has 2 N–H and O–H groups in total. The lowest BCUT2D eigenvalue weighted by atomic mass is 10.4. The first kappa shape index (κ1) is 14.0. The molecule has 2 aromatic rings. The second kappa shape index (κ2) is 5.32. The molecule has 0 aromatic carbocycles. The van der Waals surface area contributed by atoms with Gasteiger partial charge in [-0.3, -0.25) is 9.40 Å². The van der Waals surface area contributed by atoms with Crippen molar-refractivity contribution >= 4 is 27.0 Å². The molecule has 0 spiro atoms. The summed E-state index contributed by atoms with van der Waals surface area (Å²) in [4.78, 5) is 1.10. The zero-order chi connectivity index (χ0) is 14.0. The Labute approximate surface area is 116 Å². The van der Waals surface area contributed by atoms with E-state index in [-0.39, 0.29) is 0 Å². The summed E-state index contributed by atoms with van der Waals surface area (Å²) in [7, 11) is -0.0266. The molecule has 2 aromatic heterocycles. The van der Waals surface area contributed by atoms with Gasteiger partial charge in [-0.05, 0) is 25.4 Å². The van der Waals surface area contributed by atoms with Gasteiger partial charge in [0.25, 0.3) is 10.0 Å². The first-order chi connectivity index (χ1) is 8.94. The summed E-state index contributed by atoms with van der Waals surface area (Å²) in [5.41, 5.74) is 1.15. The van der Waals surface area contributed by atoms with Gasteiger partial charge in [0.1, 0.15) is 4.90 Å². The van der Waals surface area contributed by atoms with E-state index in [4.69, 9.17) is 0 Å². The van der Waals surface area contributed by atoms with Crippen molar-refractivity contribution in [3.63, 3.8) is 0 Å². The van der Waals surface area contributed by atoms with Crippen LogP contribution in [-0.4, -0.2) is 25.2 Å². The van der Waals surface area contributed by atoms with E-state index in [1.165, 1.54) is 11.3 Å². The average Bonchev–Trinajstić information content (AvgIpc) is 2.87. The average molecular weight is 300 g/mol. The molecule has 0 saturated carbocycles. The smallest absolute Gasteiger partial charge is 0.263 e. The van der Waals surface area contributed by atoms with Crippen LogP contribution in [0.25, 0.3) is 0 Å². The Morgan fingerprint density at radius 2 is 2.21 bits per heavy atom. The van der Waals surface area contributed by atoms with Crippen LogP contribution in [0.5, 0.6) is 0 Å². The molecule has 0 bridgehead atoms. The van der Waals surface area contributed by atoms with Crippen LogP contribution in [0.4, 0.5) is 5.69 Å². The summed E-state index contributed by atoms with van der Waals surface area (Å²) in [5, 5.41) is 8.85. The van der Waals surface area contributed by atoms with Gasteiger partial charge in [-0.2, -0.15) is 5.10 Å². The monoisotopic (exact) mass is 300 g/mol. The Kier molecular flexibility index (Phi) is 3.93.